The van der Waals surface area contributed by atoms with Gasteiger partial charge < -0.3 is 9.84 Å². The highest BCUT2D eigenvalue weighted by molar-refractivity contribution is 7.87. The molecule has 0 aliphatic rings. The van der Waals surface area contributed by atoms with Crippen molar-refractivity contribution in [1.82, 2.24) is 9.03 Å². The van der Waals surface area contributed by atoms with Crippen molar-refractivity contribution in [1.29, 1.82) is 0 Å². The van der Waals surface area contributed by atoms with Crippen LogP contribution in [0.15, 0.2) is 0 Å². The highest BCUT2D eigenvalue weighted by atomic mass is 32.2. The topological polar surface area (TPSA) is 95.9 Å². The van der Waals surface area contributed by atoms with E-state index in [9.17, 15) is 13.2 Å². The third-order valence-electron chi connectivity index (χ3n) is 2.07. The summed E-state index contributed by atoms with van der Waals surface area (Å²) in [4.78, 5) is 11.1. The first-order chi connectivity index (χ1) is 7.26. The molecule has 0 radical (unpaired) electrons. The Labute approximate surface area is 95.6 Å². The molecule has 16 heavy (non-hydrogen) atoms. The maximum atomic E-state index is 11.7. The number of hydrogen-bond acceptors (Lipinski definition) is 5. The fourth-order valence-electron chi connectivity index (χ4n) is 0.843. The number of nitrogens with zero attached hydrogens (tertiary/aromatic N) is 1. The molecule has 0 saturated heterocycles. The third kappa shape index (κ3) is 4.05. The van der Waals surface area contributed by atoms with Gasteiger partial charge in [0.05, 0.1) is 13.7 Å². The van der Waals surface area contributed by atoms with Gasteiger partial charge in [-0.3, -0.25) is 4.79 Å². The molecule has 0 amide bonds. The molecule has 1 unspecified atom stereocenters. The first kappa shape index (κ1) is 15.3. The molecule has 0 bridgehead atoms. The minimum atomic E-state index is -3.80. The standard InChI is InChI=1S/C8H18N2O5S/c1-6(2)10(3)16(13,14)9-7(5-11)8(12)15-4/h6-7,9,11H,5H2,1-4H3. The van der Waals surface area contributed by atoms with Crippen LogP contribution in [0.4, 0.5) is 0 Å². The van der Waals surface area contributed by atoms with E-state index < -0.39 is 28.8 Å². The molecule has 0 spiro atoms. The summed E-state index contributed by atoms with van der Waals surface area (Å²) in [6, 6.07) is -1.54. The molecule has 0 rings (SSSR count). The molecule has 0 fully saturated rings. The monoisotopic (exact) mass is 254 g/mol. The number of aliphatic hydroxyl groups excluding tert-OH is 1. The molecule has 2 N–H and O–H groups in total. The molecule has 0 aromatic rings. The van der Waals surface area contributed by atoms with Crippen LogP contribution >= 0.6 is 0 Å². The Morgan fingerprint density at radius 1 is 1.50 bits per heavy atom. The number of rotatable bonds is 6. The summed E-state index contributed by atoms with van der Waals surface area (Å²) in [6.07, 6.45) is 0. The van der Waals surface area contributed by atoms with Crippen molar-refractivity contribution in [2.45, 2.75) is 25.9 Å². The van der Waals surface area contributed by atoms with E-state index in [1.807, 2.05) is 4.72 Å². The van der Waals surface area contributed by atoms with Crippen LogP contribution < -0.4 is 4.72 Å². The Balaban J connectivity index is 4.75. The van der Waals surface area contributed by atoms with Crippen LogP contribution in [0.1, 0.15) is 13.8 Å². The van der Waals surface area contributed by atoms with E-state index in [1.54, 1.807) is 13.8 Å². The smallest absolute Gasteiger partial charge is 0.326 e. The highest BCUT2D eigenvalue weighted by Gasteiger charge is 2.28. The predicted octanol–water partition coefficient (Wildman–Crippen LogP) is -1.31. The maximum absolute atomic E-state index is 11.7. The lowest BCUT2D eigenvalue weighted by Gasteiger charge is -2.23. The second kappa shape index (κ2) is 6.14. The minimum Gasteiger partial charge on any atom is -0.468 e. The summed E-state index contributed by atoms with van der Waals surface area (Å²) in [7, 11) is -1.31. The van der Waals surface area contributed by atoms with Gasteiger partial charge in [0, 0.05) is 13.1 Å². The summed E-state index contributed by atoms with van der Waals surface area (Å²) in [5.74, 6) is -0.830. The van der Waals surface area contributed by atoms with Crippen LogP contribution in [0, 0.1) is 0 Å². The van der Waals surface area contributed by atoms with Crippen LogP contribution in [-0.2, 0) is 19.7 Å². The van der Waals surface area contributed by atoms with Crippen molar-refractivity contribution in [3.63, 3.8) is 0 Å². The van der Waals surface area contributed by atoms with Crippen molar-refractivity contribution >= 4 is 16.2 Å². The van der Waals surface area contributed by atoms with Gasteiger partial charge >= 0.3 is 5.97 Å². The average molecular weight is 254 g/mol. The van der Waals surface area contributed by atoms with Gasteiger partial charge in [0.25, 0.3) is 10.2 Å². The largest absolute Gasteiger partial charge is 0.468 e. The first-order valence-corrected chi connectivity index (χ1v) is 6.14. The zero-order valence-electron chi connectivity index (χ0n) is 9.80. The molecular weight excluding hydrogens is 236 g/mol. The van der Waals surface area contributed by atoms with Crippen LogP contribution in [0.3, 0.4) is 0 Å². The summed E-state index contributed by atoms with van der Waals surface area (Å²) in [5.41, 5.74) is 0. The van der Waals surface area contributed by atoms with Crippen LogP contribution in [0.5, 0.6) is 0 Å². The van der Waals surface area contributed by atoms with E-state index in [0.29, 0.717) is 0 Å². The van der Waals surface area contributed by atoms with E-state index in [-0.39, 0.29) is 6.04 Å². The molecule has 0 saturated carbocycles. The summed E-state index contributed by atoms with van der Waals surface area (Å²) >= 11 is 0. The molecule has 0 aromatic heterocycles. The Kier molecular flexibility index (Phi) is 5.87. The van der Waals surface area contributed by atoms with Gasteiger partial charge in [0.1, 0.15) is 6.04 Å². The van der Waals surface area contributed by atoms with Crippen molar-refractivity contribution < 1.29 is 23.1 Å². The van der Waals surface area contributed by atoms with Gasteiger partial charge in [0.2, 0.25) is 0 Å². The molecule has 0 aromatic carbocycles. The predicted molar refractivity (Wildman–Crippen MR) is 57.8 cm³/mol. The summed E-state index contributed by atoms with van der Waals surface area (Å²) in [5, 5.41) is 8.86. The van der Waals surface area contributed by atoms with Crippen molar-refractivity contribution in [2.75, 3.05) is 20.8 Å². The lowest BCUT2D eigenvalue weighted by atomic mass is 10.3. The summed E-state index contributed by atoms with van der Waals surface area (Å²) in [6.45, 7) is 2.72. The number of esters is 1. The zero-order valence-corrected chi connectivity index (χ0v) is 10.6. The molecule has 0 heterocycles. The van der Waals surface area contributed by atoms with E-state index in [2.05, 4.69) is 4.74 Å². The number of methoxy groups -OCH3 is 1. The highest BCUT2D eigenvalue weighted by Crippen LogP contribution is 2.02. The number of ether oxygens (including phenoxy) is 1. The van der Waals surface area contributed by atoms with Crippen molar-refractivity contribution in [3.05, 3.63) is 0 Å². The van der Waals surface area contributed by atoms with Gasteiger partial charge in [-0.1, -0.05) is 0 Å². The van der Waals surface area contributed by atoms with Crippen LogP contribution in [0.2, 0.25) is 0 Å². The second-order valence-electron chi connectivity index (χ2n) is 3.49. The second-order valence-corrected chi connectivity index (χ2v) is 5.25. The number of aliphatic hydroxyl groups is 1. The fraction of sp³-hybridized carbons (Fsp3) is 0.875. The minimum absolute atomic E-state index is 0.255. The van der Waals surface area contributed by atoms with Crippen molar-refractivity contribution in [3.8, 4) is 0 Å². The van der Waals surface area contributed by atoms with E-state index in [4.69, 9.17) is 5.11 Å². The SMILES string of the molecule is COC(=O)C(CO)NS(=O)(=O)N(C)C(C)C. The number of carbonyl (C=O) groups is 1. The van der Waals surface area contributed by atoms with Crippen LogP contribution in [-0.4, -0.2) is 56.6 Å². The molecule has 1 atom stereocenters. The van der Waals surface area contributed by atoms with Crippen molar-refractivity contribution in [2.24, 2.45) is 0 Å². The lowest BCUT2D eigenvalue weighted by Crippen LogP contribution is -2.50. The van der Waals surface area contributed by atoms with Gasteiger partial charge in [-0.05, 0) is 13.8 Å². The van der Waals surface area contributed by atoms with Gasteiger partial charge in [0.15, 0.2) is 0 Å². The normalized spacial score (nSPS) is 14.2. The van der Waals surface area contributed by atoms with Gasteiger partial charge in [-0.2, -0.15) is 17.4 Å². The number of carbonyl (C=O) groups excluding carboxylic acids is 1. The fourth-order valence-corrected chi connectivity index (χ4v) is 2.09. The Morgan fingerprint density at radius 2 is 2.00 bits per heavy atom. The maximum Gasteiger partial charge on any atom is 0.326 e. The van der Waals surface area contributed by atoms with Gasteiger partial charge in [-0.25, -0.2) is 0 Å². The Bertz CT molecular complexity index is 327. The lowest BCUT2D eigenvalue weighted by molar-refractivity contribution is -0.143. The molecule has 7 nitrogen and oxygen atoms in total. The van der Waals surface area contributed by atoms with E-state index in [0.717, 1.165) is 11.4 Å². The Hall–Kier alpha value is -0.700. The molecule has 96 valence electrons. The quantitative estimate of drug-likeness (QED) is 0.574. The number of nitrogens with one attached hydrogen (secondary N) is 1. The van der Waals surface area contributed by atoms with E-state index in [1.165, 1.54) is 7.05 Å². The Morgan fingerprint density at radius 3 is 2.31 bits per heavy atom. The van der Waals surface area contributed by atoms with Crippen LogP contribution in [0.25, 0.3) is 0 Å². The third-order valence-corrected chi connectivity index (χ3v) is 3.83. The molecular formula is C8H18N2O5S. The van der Waals surface area contributed by atoms with Gasteiger partial charge in [-0.15, -0.1) is 0 Å². The summed E-state index contributed by atoms with van der Waals surface area (Å²) < 4.78 is 30.8. The van der Waals surface area contributed by atoms with E-state index >= 15 is 0 Å². The first-order valence-electron chi connectivity index (χ1n) is 4.70. The molecule has 0 aliphatic heterocycles. The zero-order chi connectivity index (χ0) is 12.9. The number of hydrogen-bond donors (Lipinski definition) is 2. The molecule has 8 heteroatoms. The average Bonchev–Trinajstić information content (AvgIpc) is 2.23. The molecule has 0 aliphatic carbocycles.